The molecule has 2 nitrogen and oxygen atoms in total. The lowest BCUT2D eigenvalue weighted by molar-refractivity contribution is 0.112. The Balaban J connectivity index is 2.83. The zero-order chi connectivity index (χ0) is 9.68. The molecule has 0 bridgehead atoms. The molecule has 0 aliphatic rings. The predicted octanol–water partition coefficient (Wildman–Crippen LogP) is 2.63. The van der Waals surface area contributed by atoms with Gasteiger partial charge in [0.1, 0.15) is 6.29 Å². The molecule has 1 aromatic carbocycles. The molecule has 0 aliphatic carbocycles. The van der Waals surface area contributed by atoms with Crippen LogP contribution in [0.5, 0.6) is 0 Å². The first kappa shape index (κ1) is 9.78. The van der Waals surface area contributed by atoms with E-state index in [1.54, 1.807) is 0 Å². The fourth-order valence-electron chi connectivity index (χ4n) is 1.16. The number of hydrogen-bond donors (Lipinski definition) is 1. The number of nitrogens with one attached hydrogen (secondary N) is 1. The van der Waals surface area contributed by atoms with E-state index in [1.165, 1.54) is 5.56 Å². The molecule has 0 saturated heterocycles. The molecular weight excluding hydrogens is 162 g/mol. The Morgan fingerprint density at radius 3 is 2.85 bits per heavy atom. The zero-order valence-corrected chi connectivity index (χ0v) is 8.13. The Morgan fingerprint density at radius 2 is 2.23 bits per heavy atom. The average Bonchev–Trinajstić information content (AvgIpc) is 2.17. The number of aldehydes is 1. The summed E-state index contributed by atoms with van der Waals surface area (Å²) in [6.07, 6.45) is 1.96. The molecule has 1 N–H and O–H groups in total. The molecule has 0 heterocycles. The second kappa shape index (κ2) is 4.65. The van der Waals surface area contributed by atoms with Crippen LogP contribution >= 0.6 is 0 Å². The van der Waals surface area contributed by atoms with Crippen LogP contribution in [0.3, 0.4) is 0 Å². The summed E-state index contributed by atoms with van der Waals surface area (Å²) in [5, 5.41) is 3.28. The summed E-state index contributed by atoms with van der Waals surface area (Å²) in [7, 11) is 0. The van der Waals surface area contributed by atoms with Crippen molar-refractivity contribution in [1.82, 2.24) is 0 Å². The van der Waals surface area contributed by atoms with E-state index in [1.807, 2.05) is 25.1 Å². The van der Waals surface area contributed by atoms with Gasteiger partial charge >= 0.3 is 0 Å². The van der Waals surface area contributed by atoms with Crippen LogP contribution in [0.1, 0.15) is 29.3 Å². The second-order valence-electron chi connectivity index (χ2n) is 3.12. The summed E-state index contributed by atoms with van der Waals surface area (Å²) in [5.74, 6) is 0. The normalized spacial score (nSPS) is 9.69. The molecule has 1 aromatic rings. The van der Waals surface area contributed by atoms with Gasteiger partial charge in [-0.25, -0.2) is 0 Å². The highest BCUT2D eigenvalue weighted by atomic mass is 16.1. The highest BCUT2D eigenvalue weighted by molar-refractivity contribution is 5.77. The van der Waals surface area contributed by atoms with E-state index in [4.69, 9.17) is 0 Å². The number of carbonyl (C=O) groups excluding carboxylic acids is 1. The van der Waals surface area contributed by atoms with Crippen LogP contribution < -0.4 is 5.32 Å². The molecule has 0 aromatic heterocycles. The third kappa shape index (κ3) is 2.58. The minimum Gasteiger partial charge on any atom is -0.385 e. The summed E-state index contributed by atoms with van der Waals surface area (Å²) in [5.41, 5.74) is 2.97. The fraction of sp³-hybridized carbons (Fsp3) is 0.364. The molecule has 0 unspecified atom stereocenters. The topological polar surface area (TPSA) is 29.1 Å². The van der Waals surface area contributed by atoms with Crippen LogP contribution in [-0.4, -0.2) is 12.8 Å². The van der Waals surface area contributed by atoms with Gasteiger partial charge in [-0.1, -0.05) is 19.1 Å². The third-order valence-corrected chi connectivity index (χ3v) is 1.96. The Morgan fingerprint density at radius 1 is 1.46 bits per heavy atom. The Bertz CT molecular complexity index is 294. The van der Waals surface area contributed by atoms with E-state index in [0.29, 0.717) is 0 Å². The van der Waals surface area contributed by atoms with Crippen LogP contribution in [0.15, 0.2) is 18.2 Å². The van der Waals surface area contributed by atoms with Crippen molar-refractivity contribution in [2.24, 2.45) is 0 Å². The van der Waals surface area contributed by atoms with Crippen molar-refractivity contribution >= 4 is 12.0 Å². The van der Waals surface area contributed by atoms with Crippen LogP contribution in [0.25, 0.3) is 0 Å². The maximum absolute atomic E-state index is 10.5. The van der Waals surface area contributed by atoms with E-state index in [-0.39, 0.29) is 0 Å². The molecule has 0 amide bonds. The molecule has 0 spiro atoms. The minimum atomic E-state index is 0.726. The van der Waals surface area contributed by atoms with Gasteiger partial charge in [0.2, 0.25) is 0 Å². The third-order valence-electron chi connectivity index (χ3n) is 1.96. The van der Waals surface area contributed by atoms with Crippen molar-refractivity contribution in [2.45, 2.75) is 20.3 Å². The van der Waals surface area contributed by atoms with Gasteiger partial charge in [-0.3, -0.25) is 4.79 Å². The van der Waals surface area contributed by atoms with Gasteiger partial charge in [-0.2, -0.15) is 0 Å². The Labute approximate surface area is 79.0 Å². The first-order valence-electron chi connectivity index (χ1n) is 4.57. The van der Waals surface area contributed by atoms with Gasteiger partial charge < -0.3 is 5.32 Å². The van der Waals surface area contributed by atoms with Gasteiger partial charge in [0.15, 0.2) is 0 Å². The van der Waals surface area contributed by atoms with Crippen molar-refractivity contribution in [2.75, 3.05) is 11.9 Å². The largest absolute Gasteiger partial charge is 0.385 e. The smallest absolute Gasteiger partial charge is 0.150 e. The monoisotopic (exact) mass is 177 g/mol. The molecular formula is C11H15NO. The van der Waals surface area contributed by atoms with E-state index < -0.39 is 0 Å². The van der Waals surface area contributed by atoms with Crippen LogP contribution in [0.4, 0.5) is 5.69 Å². The SMILES string of the molecule is CCCNc1cc(C=O)ccc1C. The molecule has 70 valence electrons. The van der Waals surface area contributed by atoms with Gasteiger partial charge in [0.05, 0.1) is 0 Å². The van der Waals surface area contributed by atoms with E-state index in [9.17, 15) is 4.79 Å². The molecule has 13 heavy (non-hydrogen) atoms. The summed E-state index contributed by atoms with van der Waals surface area (Å²) in [6.45, 7) is 5.10. The van der Waals surface area contributed by atoms with Crippen molar-refractivity contribution < 1.29 is 4.79 Å². The van der Waals surface area contributed by atoms with Gasteiger partial charge in [-0.05, 0) is 25.0 Å². The first-order valence-corrected chi connectivity index (χ1v) is 4.57. The van der Waals surface area contributed by atoms with E-state index >= 15 is 0 Å². The van der Waals surface area contributed by atoms with Gasteiger partial charge in [0.25, 0.3) is 0 Å². The second-order valence-corrected chi connectivity index (χ2v) is 3.12. The lowest BCUT2D eigenvalue weighted by atomic mass is 10.1. The number of anilines is 1. The Kier molecular flexibility index (Phi) is 3.50. The van der Waals surface area contributed by atoms with E-state index in [0.717, 1.165) is 30.5 Å². The summed E-state index contributed by atoms with van der Waals surface area (Å²) in [4.78, 5) is 10.5. The van der Waals surface area contributed by atoms with E-state index in [2.05, 4.69) is 12.2 Å². The van der Waals surface area contributed by atoms with Crippen molar-refractivity contribution in [3.63, 3.8) is 0 Å². The Hall–Kier alpha value is -1.31. The number of carbonyl (C=O) groups is 1. The van der Waals surface area contributed by atoms with Crippen molar-refractivity contribution in [1.29, 1.82) is 0 Å². The minimum absolute atomic E-state index is 0.726. The number of rotatable bonds is 4. The standard InChI is InChI=1S/C11H15NO/c1-3-6-12-11-7-10(8-13)5-4-9(11)2/h4-5,7-8,12H,3,6H2,1-2H3. The van der Waals surface area contributed by atoms with Crippen LogP contribution in [0, 0.1) is 6.92 Å². The highest BCUT2D eigenvalue weighted by Crippen LogP contribution is 2.15. The predicted molar refractivity (Wildman–Crippen MR) is 55.3 cm³/mol. The molecule has 0 atom stereocenters. The quantitative estimate of drug-likeness (QED) is 0.716. The summed E-state index contributed by atoms with van der Waals surface area (Å²) < 4.78 is 0. The van der Waals surface area contributed by atoms with Crippen molar-refractivity contribution in [3.05, 3.63) is 29.3 Å². The lowest BCUT2D eigenvalue weighted by Gasteiger charge is -2.08. The summed E-state index contributed by atoms with van der Waals surface area (Å²) >= 11 is 0. The first-order chi connectivity index (χ1) is 6.27. The fourth-order valence-corrected chi connectivity index (χ4v) is 1.16. The van der Waals surface area contributed by atoms with Crippen LogP contribution in [-0.2, 0) is 0 Å². The maximum atomic E-state index is 10.5. The number of hydrogen-bond acceptors (Lipinski definition) is 2. The molecule has 0 fully saturated rings. The average molecular weight is 177 g/mol. The molecule has 2 heteroatoms. The number of benzene rings is 1. The molecule has 0 radical (unpaired) electrons. The van der Waals surface area contributed by atoms with Gasteiger partial charge in [-0.15, -0.1) is 0 Å². The van der Waals surface area contributed by atoms with Crippen molar-refractivity contribution in [3.8, 4) is 0 Å². The van der Waals surface area contributed by atoms with Crippen LogP contribution in [0.2, 0.25) is 0 Å². The maximum Gasteiger partial charge on any atom is 0.150 e. The summed E-state index contributed by atoms with van der Waals surface area (Å²) in [6, 6.07) is 5.68. The van der Waals surface area contributed by atoms with Gasteiger partial charge in [0, 0.05) is 17.8 Å². The molecule has 1 rings (SSSR count). The lowest BCUT2D eigenvalue weighted by Crippen LogP contribution is -2.01. The number of aryl methyl sites for hydroxylation is 1. The zero-order valence-electron chi connectivity index (χ0n) is 8.13. The molecule has 0 aliphatic heterocycles. The highest BCUT2D eigenvalue weighted by Gasteiger charge is 1.97. The molecule has 0 saturated carbocycles.